The van der Waals surface area contributed by atoms with Crippen molar-refractivity contribution in [3.05, 3.63) is 10.6 Å². The summed E-state index contributed by atoms with van der Waals surface area (Å²) < 4.78 is 4.97. The van der Waals surface area contributed by atoms with Crippen molar-refractivity contribution in [1.82, 2.24) is 4.98 Å². The van der Waals surface area contributed by atoms with Crippen LogP contribution in [0.25, 0.3) is 0 Å². The molecule has 0 amide bonds. The minimum atomic E-state index is 0.734. The molecule has 1 aliphatic rings. The standard InChI is InChI=1S/C10H16N2OS/c1-7-9(8-3-4-8)12-10(14-7)11-5-6-13-2/h8H,3-6H2,1-2H3,(H,11,12). The van der Waals surface area contributed by atoms with Crippen LogP contribution in [0.4, 0.5) is 5.13 Å². The van der Waals surface area contributed by atoms with E-state index in [2.05, 4.69) is 17.2 Å². The zero-order chi connectivity index (χ0) is 9.97. The van der Waals surface area contributed by atoms with Crippen LogP contribution in [0.15, 0.2) is 0 Å². The van der Waals surface area contributed by atoms with Crippen molar-refractivity contribution in [1.29, 1.82) is 0 Å². The van der Waals surface area contributed by atoms with E-state index in [1.54, 1.807) is 18.4 Å². The number of anilines is 1. The van der Waals surface area contributed by atoms with E-state index in [0.29, 0.717) is 0 Å². The van der Waals surface area contributed by atoms with Gasteiger partial charge in [0, 0.05) is 24.4 Å². The second-order valence-electron chi connectivity index (χ2n) is 3.65. The first-order valence-electron chi connectivity index (χ1n) is 5.01. The third kappa shape index (κ3) is 2.25. The van der Waals surface area contributed by atoms with Crippen LogP contribution in [-0.4, -0.2) is 25.2 Å². The first kappa shape index (κ1) is 9.93. The fraction of sp³-hybridized carbons (Fsp3) is 0.700. The van der Waals surface area contributed by atoms with Crippen molar-refractivity contribution in [3.63, 3.8) is 0 Å². The molecule has 0 aromatic carbocycles. The molecular weight excluding hydrogens is 196 g/mol. The van der Waals surface area contributed by atoms with Gasteiger partial charge in [-0.25, -0.2) is 4.98 Å². The Labute approximate surface area is 88.5 Å². The SMILES string of the molecule is COCCNc1nc(C2CC2)c(C)s1. The fourth-order valence-corrected chi connectivity index (χ4v) is 2.40. The zero-order valence-electron chi connectivity index (χ0n) is 8.67. The zero-order valence-corrected chi connectivity index (χ0v) is 9.49. The van der Waals surface area contributed by atoms with Gasteiger partial charge in [0.25, 0.3) is 0 Å². The maximum absolute atomic E-state index is 4.97. The largest absolute Gasteiger partial charge is 0.383 e. The molecule has 1 saturated carbocycles. The number of hydrogen-bond acceptors (Lipinski definition) is 4. The Hall–Kier alpha value is -0.610. The Bertz CT molecular complexity index is 307. The van der Waals surface area contributed by atoms with E-state index in [4.69, 9.17) is 4.74 Å². The maximum atomic E-state index is 4.97. The summed E-state index contributed by atoms with van der Waals surface area (Å²) in [6, 6.07) is 0. The molecule has 0 spiro atoms. The minimum Gasteiger partial charge on any atom is -0.383 e. The highest BCUT2D eigenvalue weighted by atomic mass is 32.1. The monoisotopic (exact) mass is 212 g/mol. The number of hydrogen-bond donors (Lipinski definition) is 1. The molecule has 1 fully saturated rings. The highest BCUT2D eigenvalue weighted by molar-refractivity contribution is 7.15. The van der Waals surface area contributed by atoms with Gasteiger partial charge in [-0.1, -0.05) is 0 Å². The number of nitrogens with one attached hydrogen (secondary N) is 1. The second kappa shape index (κ2) is 4.28. The van der Waals surface area contributed by atoms with E-state index in [-0.39, 0.29) is 0 Å². The molecule has 2 rings (SSSR count). The highest BCUT2D eigenvalue weighted by Gasteiger charge is 2.28. The molecule has 1 aromatic heterocycles. The molecule has 1 N–H and O–H groups in total. The Morgan fingerprint density at radius 2 is 2.36 bits per heavy atom. The summed E-state index contributed by atoms with van der Waals surface area (Å²) >= 11 is 1.76. The lowest BCUT2D eigenvalue weighted by Crippen LogP contribution is -2.07. The van der Waals surface area contributed by atoms with E-state index >= 15 is 0 Å². The number of ether oxygens (including phenoxy) is 1. The van der Waals surface area contributed by atoms with Crippen molar-refractivity contribution >= 4 is 16.5 Å². The Morgan fingerprint density at radius 1 is 1.57 bits per heavy atom. The number of aromatic nitrogens is 1. The summed E-state index contributed by atoms with van der Waals surface area (Å²) in [7, 11) is 1.71. The molecule has 0 bridgehead atoms. The molecule has 1 aliphatic carbocycles. The molecule has 78 valence electrons. The van der Waals surface area contributed by atoms with Crippen LogP contribution in [0.3, 0.4) is 0 Å². The van der Waals surface area contributed by atoms with Gasteiger partial charge in [-0.3, -0.25) is 0 Å². The average Bonchev–Trinajstić information content (AvgIpc) is 2.92. The smallest absolute Gasteiger partial charge is 0.183 e. The number of rotatable bonds is 5. The topological polar surface area (TPSA) is 34.1 Å². The minimum absolute atomic E-state index is 0.734. The lowest BCUT2D eigenvalue weighted by atomic mass is 10.3. The van der Waals surface area contributed by atoms with Crippen LogP contribution in [0.1, 0.15) is 29.3 Å². The van der Waals surface area contributed by atoms with E-state index in [9.17, 15) is 0 Å². The molecule has 4 heteroatoms. The second-order valence-corrected chi connectivity index (χ2v) is 4.86. The van der Waals surface area contributed by atoms with Crippen LogP contribution >= 0.6 is 11.3 Å². The Morgan fingerprint density at radius 3 is 3.00 bits per heavy atom. The summed E-state index contributed by atoms with van der Waals surface area (Å²) in [5.74, 6) is 0.754. The number of thiazole rings is 1. The van der Waals surface area contributed by atoms with Gasteiger partial charge >= 0.3 is 0 Å². The van der Waals surface area contributed by atoms with Gasteiger partial charge in [0.05, 0.1) is 12.3 Å². The molecule has 1 heterocycles. The van der Waals surface area contributed by atoms with Crippen LogP contribution in [-0.2, 0) is 4.74 Å². The third-order valence-electron chi connectivity index (χ3n) is 2.38. The van der Waals surface area contributed by atoms with Crippen molar-refractivity contribution in [2.75, 3.05) is 25.6 Å². The first-order valence-corrected chi connectivity index (χ1v) is 5.83. The number of aryl methyl sites for hydroxylation is 1. The lowest BCUT2D eigenvalue weighted by molar-refractivity contribution is 0.211. The lowest BCUT2D eigenvalue weighted by Gasteiger charge is -1.99. The molecule has 0 unspecified atom stereocenters. The van der Waals surface area contributed by atoms with Gasteiger partial charge in [-0.15, -0.1) is 11.3 Å². The third-order valence-corrected chi connectivity index (χ3v) is 3.32. The Kier molecular flexibility index (Phi) is 3.03. The molecule has 0 radical (unpaired) electrons. The summed E-state index contributed by atoms with van der Waals surface area (Å²) in [5.41, 5.74) is 1.31. The van der Waals surface area contributed by atoms with E-state index < -0.39 is 0 Å². The van der Waals surface area contributed by atoms with E-state index in [1.807, 2.05) is 0 Å². The van der Waals surface area contributed by atoms with Crippen molar-refractivity contribution in [2.45, 2.75) is 25.7 Å². The summed E-state index contributed by atoms with van der Waals surface area (Å²) in [5, 5.41) is 4.31. The highest BCUT2D eigenvalue weighted by Crippen LogP contribution is 2.43. The van der Waals surface area contributed by atoms with Gasteiger partial charge in [0.15, 0.2) is 5.13 Å². The maximum Gasteiger partial charge on any atom is 0.183 e. The quantitative estimate of drug-likeness (QED) is 0.761. The van der Waals surface area contributed by atoms with Crippen LogP contribution in [0, 0.1) is 6.92 Å². The Balaban J connectivity index is 1.94. The predicted molar refractivity (Wildman–Crippen MR) is 59.2 cm³/mol. The molecule has 14 heavy (non-hydrogen) atoms. The van der Waals surface area contributed by atoms with Crippen molar-refractivity contribution < 1.29 is 4.74 Å². The molecule has 0 aliphatic heterocycles. The number of nitrogens with zero attached hydrogens (tertiary/aromatic N) is 1. The van der Waals surface area contributed by atoms with Gasteiger partial charge in [-0.2, -0.15) is 0 Å². The number of methoxy groups -OCH3 is 1. The van der Waals surface area contributed by atoms with E-state index in [0.717, 1.165) is 24.2 Å². The van der Waals surface area contributed by atoms with Crippen LogP contribution in [0.5, 0.6) is 0 Å². The van der Waals surface area contributed by atoms with Gasteiger partial charge in [0.1, 0.15) is 0 Å². The molecule has 1 aromatic rings. The van der Waals surface area contributed by atoms with E-state index in [1.165, 1.54) is 23.4 Å². The molecular formula is C10H16N2OS. The van der Waals surface area contributed by atoms with Crippen molar-refractivity contribution in [2.24, 2.45) is 0 Å². The fourth-order valence-electron chi connectivity index (χ4n) is 1.48. The first-order chi connectivity index (χ1) is 6.81. The van der Waals surface area contributed by atoms with Crippen LogP contribution in [0.2, 0.25) is 0 Å². The van der Waals surface area contributed by atoms with Crippen molar-refractivity contribution in [3.8, 4) is 0 Å². The van der Waals surface area contributed by atoms with Gasteiger partial charge in [0.2, 0.25) is 0 Å². The van der Waals surface area contributed by atoms with Gasteiger partial charge in [-0.05, 0) is 19.8 Å². The molecule has 0 saturated heterocycles. The van der Waals surface area contributed by atoms with Gasteiger partial charge < -0.3 is 10.1 Å². The summed E-state index contributed by atoms with van der Waals surface area (Å²) in [6.07, 6.45) is 2.64. The summed E-state index contributed by atoms with van der Waals surface area (Å²) in [6.45, 7) is 3.73. The van der Waals surface area contributed by atoms with Crippen LogP contribution < -0.4 is 5.32 Å². The predicted octanol–water partition coefficient (Wildman–Crippen LogP) is 2.39. The normalized spacial score (nSPS) is 15.9. The summed E-state index contributed by atoms with van der Waals surface area (Å²) in [4.78, 5) is 5.96. The average molecular weight is 212 g/mol. The molecule has 3 nitrogen and oxygen atoms in total. The molecule has 0 atom stereocenters.